The number of carbonyl (C=O) groups is 2. The van der Waals surface area contributed by atoms with Crippen LogP contribution in [0.1, 0.15) is 56.7 Å². The van der Waals surface area contributed by atoms with Crippen molar-refractivity contribution in [3.63, 3.8) is 0 Å². The molecule has 0 spiro atoms. The summed E-state index contributed by atoms with van der Waals surface area (Å²) in [7, 11) is 0. The van der Waals surface area contributed by atoms with Crippen LogP contribution in [0.25, 0.3) is 0 Å². The van der Waals surface area contributed by atoms with Crippen LogP contribution in [-0.2, 0) is 11.0 Å². The zero-order valence-corrected chi connectivity index (χ0v) is 14.4. The summed E-state index contributed by atoms with van der Waals surface area (Å²) in [4.78, 5) is 25.4. The lowest BCUT2D eigenvalue weighted by Gasteiger charge is -2.22. The van der Waals surface area contributed by atoms with Gasteiger partial charge in [-0.1, -0.05) is 0 Å². The Bertz CT molecular complexity index is 594. The van der Waals surface area contributed by atoms with E-state index in [1.807, 2.05) is 0 Å². The normalized spacial score (nSPS) is 11.9. The SMILES string of the molecule is CCN(CC(=O)NC(C)C)C(=O)c1cnn(C(C)C)c1C(F)(F)F. The Balaban J connectivity index is 3.15. The van der Waals surface area contributed by atoms with Crippen LogP contribution in [0.3, 0.4) is 0 Å². The van der Waals surface area contributed by atoms with Crippen LogP contribution in [0.5, 0.6) is 0 Å². The molecule has 0 aliphatic heterocycles. The summed E-state index contributed by atoms with van der Waals surface area (Å²) in [5.74, 6) is -1.29. The Morgan fingerprint density at radius 2 is 1.88 bits per heavy atom. The maximum absolute atomic E-state index is 13.4. The molecule has 0 saturated carbocycles. The zero-order chi connectivity index (χ0) is 18.7. The molecule has 1 aromatic rings. The van der Waals surface area contributed by atoms with E-state index in [0.717, 1.165) is 15.8 Å². The number of nitrogens with zero attached hydrogens (tertiary/aromatic N) is 3. The molecule has 0 aliphatic rings. The molecule has 1 heterocycles. The number of halogens is 3. The minimum absolute atomic E-state index is 0.106. The Morgan fingerprint density at radius 3 is 2.29 bits per heavy atom. The lowest BCUT2D eigenvalue weighted by atomic mass is 10.2. The second-order valence-corrected chi connectivity index (χ2v) is 5.98. The monoisotopic (exact) mass is 348 g/mol. The van der Waals surface area contributed by atoms with Crippen LogP contribution in [0, 0.1) is 0 Å². The van der Waals surface area contributed by atoms with Gasteiger partial charge in [-0.25, -0.2) is 0 Å². The molecule has 0 saturated heterocycles. The summed E-state index contributed by atoms with van der Waals surface area (Å²) in [5, 5.41) is 6.30. The topological polar surface area (TPSA) is 67.2 Å². The summed E-state index contributed by atoms with van der Waals surface area (Å²) < 4.78 is 40.8. The molecule has 1 N–H and O–H groups in total. The van der Waals surface area contributed by atoms with Crippen LogP contribution in [0.4, 0.5) is 13.2 Å². The summed E-state index contributed by atoms with van der Waals surface area (Å²) in [6.45, 7) is 8.00. The quantitative estimate of drug-likeness (QED) is 0.859. The minimum atomic E-state index is -4.72. The smallest absolute Gasteiger partial charge is 0.352 e. The summed E-state index contributed by atoms with van der Waals surface area (Å²) in [6, 6.07) is -0.678. The molecular weight excluding hydrogens is 325 g/mol. The predicted molar refractivity (Wildman–Crippen MR) is 82.5 cm³/mol. The van der Waals surface area contributed by atoms with Gasteiger partial charge in [-0.05, 0) is 34.6 Å². The highest BCUT2D eigenvalue weighted by Crippen LogP contribution is 2.34. The molecule has 136 valence electrons. The van der Waals surface area contributed by atoms with E-state index in [2.05, 4.69) is 10.4 Å². The first-order chi connectivity index (χ1) is 11.0. The number of nitrogens with one attached hydrogen (secondary N) is 1. The molecule has 0 atom stereocenters. The Labute approximate surface area is 139 Å². The number of carbonyl (C=O) groups excluding carboxylic acids is 2. The summed E-state index contributed by atoms with van der Waals surface area (Å²) >= 11 is 0. The van der Waals surface area contributed by atoms with Crippen molar-refractivity contribution in [2.24, 2.45) is 0 Å². The first-order valence-electron chi connectivity index (χ1n) is 7.72. The van der Waals surface area contributed by atoms with Crippen LogP contribution < -0.4 is 5.32 Å². The third-order valence-corrected chi connectivity index (χ3v) is 3.24. The molecule has 0 fully saturated rings. The van der Waals surface area contributed by atoms with Gasteiger partial charge < -0.3 is 10.2 Å². The second-order valence-electron chi connectivity index (χ2n) is 5.98. The van der Waals surface area contributed by atoms with Crippen molar-refractivity contribution in [2.45, 2.75) is 52.9 Å². The molecule has 0 radical (unpaired) electrons. The number of alkyl halides is 3. The molecule has 2 amide bonds. The van der Waals surface area contributed by atoms with Crippen molar-refractivity contribution in [1.82, 2.24) is 20.0 Å². The second kappa shape index (κ2) is 7.67. The number of aromatic nitrogens is 2. The van der Waals surface area contributed by atoms with Gasteiger partial charge in [0.05, 0.1) is 18.3 Å². The standard InChI is InChI=1S/C15H23F3N4O2/c1-6-21(8-12(23)20-9(2)3)14(24)11-7-19-22(10(4)5)13(11)15(16,17)18/h7,9-10H,6,8H2,1-5H3,(H,20,23). The van der Waals surface area contributed by atoms with Gasteiger partial charge in [0.2, 0.25) is 5.91 Å². The highest BCUT2D eigenvalue weighted by atomic mass is 19.4. The lowest BCUT2D eigenvalue weighted by Crippen LogP contribution is -2.43. The molecule has 0 aliphatic carbocycles. The zero-order valence-electron chi connectivity index (χ0n) is 14.4. The number of rotatable bonds is 6. The van der Waals surface area contributed by atoms with Gasteiger partial charge in [-0.3, -0.25) is 14.3 Å². The van der Waals surface area contributed by atoms with Gasteiger partial charge in [-0.2, -0.15) is 18.3 Å². The highest BCUT2D eigenvalue weighted by molar-refractivity contribution is 5.97. The average molecular weight is 348 g/mol. The van der Waals surface area contributed by atoms with Gasteiger partial charge in [-0.15, -0.1) is 0 Å². The molecule has 0 unspecified atom stereocenters. The molecule has 0 bridgehead atoms. The molecule has 9 heteroatoms. The van der Waals surface area contributed by atoms with Crippen molar-refractivity contribution in [2.75, 3.05) is 13.1 Å². The maximum Gasteiger partial charge on any atom is 0.433 e. The van der Waals surface area contributed by atoms with Gasteiger partial charge in [0.1, 0.15) is 0 Å². The van der Waals surface area contributed by atoms with Crippen LogP contribution in [0.15, 0.2) is 6.20 Å². The third-order valence-electron chi connectivity index (χ3n) is 3.24. The van der Waals surface area contributed by atoms with Crippen LogP contribution >= 0.6 is 0 Å². The Morgan fingerprint density at radius 1 is 1.29 bits per heavy atom. The molecule has 0 aromatic carbocycles. The fourth-order valence-corrected chi connectivity index (χ4v) is 2.23. The van der Waals surface area contributed by atoms with Crippen molar-refractivity contribution in [3.05, 3.63) is 17.5 Å². The minimum Gasteiger partial charge on any atom is -0.352 e. The fourth-order valence-electron chi connectivity index (χ4n) is 2.23. The molecule has 1 aromatic heterocycles. The predicted octanol–water partition coefficient (Wildman–Crippen LogP) is 2.47. The maximum atomic E-state index is 13.4. The van der Waals surface area contributed by atoms with E-state index < -0.39 is 35.3 Å². The van der Waals surface area contributed by atoms with Gasteiger partial charge in [0.25, 0.3) is 5.91 Å². The van der Waals surface area contributed by atoms with Gasteiger partial charge in [0, 0.05) is 18.6 Å². The number of likely N-dealkylation sites (N-methyl/N-ethyl adjacent to an activating group) is 1. The average Bonchev–Trinajstić information content (AvgIpc) is 2.88. The fraction of sp³-hybridized carbons (Fsp3) is 0.667. The van der Waals surface area contributed by atoms with Crippen molar-refractivity contribution >= 4 is 11.8 Å². The molecule has 1 rings (SSSR count). The summed E-state index contributed by atoms with van der Waals surface area (Å²) in [6.07, 6.45) is -3.81. The number of hydrogen-bond acceptors (Lipinski definition) is 3. The largest absolute Gasteiger partial charge is 0.433 e. The molecule has 24 heavy (non-hydrogen) atoms. The van der Waals surface area contributed by atoms with Crippen LogP contribution in [0.2, 0.25) is 0 Å². The summed E-state index contributed by atoms with van der Waals surface area (Å²) in [5.41, 5.74) is -1.64. The number of hydrogen-bond donors (Lipinski definition) is 1. The van der Waals surface area contributed by atoms with Gasteiger partial charge in [0.15, 0.2) is 5.69 Å². The third kappa shape index (κ3) is 4.72. The Hall–Kier alpha value is -2.06. The molecule has 6 nitrogen and oxygen atoms in total. The number of amides is 2. The van der Waals surface area contributed by atoms with E-state index in [1.54, 1.807) is 34.6 Å². The lowest BCUT2D eigenvalue weighted by molar-refractivity contribution is -0.145. The van der Waals surface area contributed by atoms with E-state index in [-0.39, 0.29) is 19.1 Å². The first kappa shape index (κ1) is 20.0. The van der Waals surface area contributed by atoms with E-state index in [0.29, 0.717) is 0 Å². The van der Waals surface area contributed by atoms with Crippen molar-refractivity contribution < 1.29 is 22.8 Å². The van der Waals surface area contributed by atoms with E-state index in [4.69, 9.17) is 0 Å². The van der Waals surface area contributed by atoms with E-state index >= 15 is 0 Å². The van der Waals surface area contributed by atoms with E-state index in [9.17, 15) is 22.8 Å². The molecular formula is C15H23F3N4O2. The first-order valence-corrected chi connectivity index (χ1v) is 7.72. The van der Waals surface area contributed by atoms with Crippen LogP contribution in [-0.4, -0.2) is 45.6 Å². The van der Waals surface area contributed by atoms with Crippen molar-refractivity contribution in [1.29, 1.82) is 0 Å². The van der Waals surface area contributed by atoms with Gasteiger partial charge >= 0.3 is 6.18 Å². The Kier molecular flexibility index (Phi) is 6.39. The van der Waals surface area contributed by atoms with Crippen molar-refractivity contribution in [3.8, 4) is 0 Å². The highest BCUT2D eigenvalue weighted by Gasteiger charge is 2.41. The van der Waals surface area contributed by atoms with E-state index in [1.165, 1.54) is 0 Å².